The Morgan fingerprint density at radius 2 is 1.89 bits per heavy atom. The lowest BCUT2D eigenvalue weighted by atomic mass is 10.1. The van der Waals surface area contributed by atoms with Crippen LogP contribution in [0.1, 0.15) is 25.8 Å². The monoisotopic (exact) mass is 525 g/mol. The molecule has 0 amide bonds. The van der Waals surface area contributed by atoms with Crippen molar-refractivity contribution in [3.8, 4) is 11.5 Å². The molecule has 1 heterocycles. The molecule has 1 aromatic rings. The van der Waals surface area contributed by atoms with Crippen molar-refractivity contribution in [1.82, 2.24) is 10.6 Å². The minimum atomic E-state index is -2.84. The summed E-state index contributed by atoms with van der Waals surface area (Å²) < 4.78 is 34.3. The number of ether oxygens (including phenoxy) is 2. The Labute approximate surface area is 185 Å². The van der Waals surface area contributed by atoms with Crippen molar-refractivity contribution in [2.24, 2.45) is 10.9 Å². The van der Waals surface area contributed by atoms with Crippen LogP contribution in [0.25, 0.3) is 0 Å². The van der Waals surface area contributed by atoms with E-state index in [0.717, 1.165) is 29.9 Å². The molecule has 1 aromatic carbocycles. The van der Waals surface area contributed by atoms with E-state index in [1.807, 2.05) is 32.0 Å². The number of hydrogen-bond acceptors (Lipinski definition) is 5. The summed E-state index contributed by atoms with van der Waals surface area (Å²) in [5.74, 6) is 2.94. The molecule has 9 heteroatoms. The van der Waals surface area contributed by atoms with Crippen LogP contribution in [-0.2, 0) is 16.3 Å². The molecule has 1 fully saturated rings. The molecule has 1 unspecified atom stereocenters. The molecule has 7 nitrogen and oxygen atoms in total. The lowest BCUT2D eigenvalue weighted by Crippen LogP contribution is -2.40. The van der Waals surface area contributed by atoms with Crippen LogP contribution in [-0.4, -0.2) is 59.2 Å². The van der Waals surface area contributed by atoms with Gasteiger partial charge in [-0.05, 0) is 50.3 Å². The number of halogens is 1. The van der Waals surface area contributed by atoms with Crippen LogP contribution >= 0.6 is 24.0 Å². The fourth-order valence-corrected chi connectivity index (χ4v) is 4.93. The van der Waals surface area contributed by atoms with E-state index in [-0.39, 0.29) is 35.6 Å². The lowest BCUT2D eigenvalue weighted by Gasteiger charge is -2.15. The van der Waals surface area contributed by atoms with Gasteiger partial charge in [-0.15, -0.1) is 24.0 Å². The third-order valence-electron chi connectivity index (χ3n) is 4.42. The first-order valence-corrected chi connectivity index (χ1v) is 11.3. The molecule has 28 heavy (non-hydrogen) atoms. The predicted molar refractivity (Wildman–Crippen MR) is 124 cm³/mol. The van der Waals surface area contributed by atoms with E-state index >= 15 is 0 Å². The molecule has 160 valence electrons. The fourth-order valence-electron chi connectivity index (χ4n) is 3.07. The molecule has 0 radical (unpaired) electrons. The highest BCUT2D eigenvalue weighted by Gasteiger charge is 2.27. The van der Waals surface area contributed by atoms with Crippen LogP contribution in [0.2, 0.25) is 0 Å². The van der Waals surface area contributed by atoms with Gasteiger partial charge in [-0.25, -0.2) is 8.42 Å². The number of rotatable bonds is 9. The van der Waals surface area contributed by atoms with Crippen LogP contribution in [0.5, 0.6) is 11.5 Å². The van der Waals surface area contributed by atoms with Gasteiger partial charge >= 0.3 is 0 Å². The fraction of sp³-hybridized carbons (Fsp3) is 0.632. The van der Waals surface area contributed by atoms with Gasteiger partial charge in [0.25, 0.3) is 0 Å². The molecule has 1 saturated heterocycles. The van der Waals surface area contributed by atoms with E-state index in [4.69, 9.17) is 9.47 Å². The molecule has 0 aromatic heterocycles. The number of benzene rings is 1. The van der Waals surface area contributed by atoms with E-state index < -0.39 is 9.84 Å². The molecular formula is C19H32IN3O4S. The summed E-state index contributed by atoms with van der Waals surface area (Å²) in [6, 6.07) is 5.99. The first-order valence-electron chi connectivity index (χ1n) is 9.50. The molecule has 0 aliphatic carbocycles. The maximum Gasteiger partial charge on any atom is 0.190 e. The van der Waals surface area contributed by atoms with Gasteiger partial charge in [0.15, 0.2) is 27.3 Å². The van der Waals surface area contributed by atoms with E-state index in [0.29, 0.717) is 38.0 Å². The molecule has 2 rings (SSSR count). The van der Waals surface area contributed by atoms with Crippen molar-refractivity contribution in [1.29, 1.82) is 0 Å². The summed E-state index contributed by atoms with van der Waals surface area (Å²) in [6.45, 7) is 6.43. The van der Waals surface area contributed by atoms with Crippen LogP contribution in [0.15, 0.2) is 23.2 Å². The Hall–Kier alpha value is -1.23. The average Bonchev–Trinajstić information content (AvgIpc) is 2.99. The van der Waals surface area contributed by atoms with Crippen LogP contribution in [0, 0.1) is 5.92 Å². The standard InChI is InChI=1S/C19H31N3O4S.HI/c1-4-25-17-7-6-15(12-18(17)26-5-2)8-10-21-19(20-3)22-13-16-9-11-27(23,24)14-16;/h6-7,12,16H,4-5,8-11,13-14H2,1-3H3,(H2,20,21,22);1H. The molecule has 1 aliphatic rings. The number of aliphatic imine (C=N–C) groups is 1. The number of nitrogens with zero attached hydrogens (tertiary/aromatic N) is 1. The zero-order valence-corrected chi connectivity index (χ0v) is 20.0. The Morgan fingerprint density at radius 1 is 1.18 bits per heavy atom. The number of hydrogen-bond donors (Lipinski definition) is 2. The largest absolute Gasteiger partial charge is 0.490 e. The zero-order chi connectivity index (χ0) is 19.7. The Bertz CT molecular complexity index is 741. The van der Waals surface area contributed by atoms with Crippen molar-refractivity contribution in [3.63, 3.8) is 0 Å². The molecule has 0 spiro atoms. The Kier molecular flexibility index (Phi) is 10.9. The summed E-state index contributed by atoms with van der Waals surface area (Å²) in [6.07, 6.45) is 1.53. The molecule has 2 N–H and O–H groups in total. The van der Waals surface area contributed by atoms with E-state index in [1.165, 1.54) is 0 Å². The molecule has 1 atom stereocenters. The van der Waals surface area contributed by atoms with Crippen LogP contribution in [0.3, 0.4) is 0 Å². The summed E-state index contributed by atoms with van der Waals surface area (Å²) in [5.41, 5.74) is 1.15. The van der Waals surface area contributed by atoms with Gasteiger partial charge in [0.1, 0.15) is 0 Å². The maximum atomic E-state index is 11.5. The van der Waals surface area contributed by atoms with Crippen molar-refractivity contribution in [2.45, 2.75) is 26.7 Å². The Balaban J connectivity index is 0.00000392. The third kappa shape index (κ3) is 8.02. The van der Waals surface area contributed by atoms with Gasteiger partial charge in [-0.3, -0.25) is 4.99 Å². The van der Waals surface area contributed by atoms with Gasteiger partial charge in [-0.2, -0.15) is 0 Å². The lowest BCUT2D eigenvalue weighted by molar-refractivity contribution is 0.287. The SMILES string of the molecule is CCOc1ccc(CCNC(=NC)NCC2CCS(=O)(=O)C2)cc1OCC.I. The maximum absolute atomic E-state index is 11.5. The highest BCUT2D eigenvalue weighted by Crippen LogP contribution is 2.28. The van der Waals surface area contributed by atoms with Gasteiger partial charge in [0.2, 0.25) is 0 Å². The molecular weight excluding hydrogens is 493 g/mol. The summed E-state index contributed by atoms with van der Waals surface area (Å²) in [7, 11) is -1.13. The third-order valence-corrected chi connectivity index (χ3v) is 6.26. The second-order valence-electron chi connectivity index (χ2n) is 6.55. The van der Waals surface area contributed by atoms with Gasteiger partial charge in [0, 0.05) is 20.1 Å². The first-order chi connectivity index (χ1) is 13.0. The number of guanidine groups is 1. The summed E-state index contributed by atoms with van der Waals surface area (Å²) in [4.78, 5) is 4.20. The van der Waals surface area contributed by atoms with Crippen LogP contribution in [0.4, 0.5) is 0 Å². The van der Waals surface area contributed by atoms with Gasteiger partial charge in [0.05, 0.1) is 24.7 Å². The Morgan fingerprint density at radius 3 is 2.50 bits per heavy atom. The zero-order valence-electron chi connectivity index (χ0n) is 16.9. The van der Waals surface area contributed by atoms with Gasteiger partial charge in [-0.1, -0.05) is 6.07 Å². The van der Waals surface area contributed by atoms with Crippen molar-refractivity contribution in [2.75, 3.05) is 44.9 Å². The normalized spacial score (nSPS) is 18.2. The smallest absolute Gasteiger partial charge is 0.190 e. The van der Waals surface area contributed by atoms with Gasteiger partial charge < -0.3 is 20.1 Å². The average molecular weight is 525 g/mol. The van der Waals surface area contributed by atoms with Crippen molar-refractivity contribution in [3.05, 3.63) is 23.8 Å². The number of sulfone groups is 1. The molecule has 1 aliphatic heterocycles. The molecule has 0 bridgehead atoms. The highest BCUT2D eigenvalue weighted by molar-refractivity contribution is 14.0. The first kappa shape index (κ1) is 24.8. The second kappa shape index (κ2) is 12.4. The highest BCUT2D eigenvalue weighted by atomic mass is 127. The summed E-state index contributed by atoms with van der Waals surface area (Å²) in [5, 5.41) is 6.49. The summed E-state index contributed by atoms with van der Waals surface area (Å²) >= 11 is 0. The quantitative estimate of drug-likeness (QED) is 0.292. The second-order valence-corrected chi connectivity index (χ2v) is 8.77. The van der Waals surface area contributed by atoms with E-state index in [2.05, 4.69) is 15.6 Å². The minimum absolute atomic E-state index is 0. The van der Waals surface area contributed by atoms with Crippen LogP contribution < -0.4 is 20.1 Å². The number of nitrogens with one attached hydrogen (secondary N) is 2. The predicted octanol–water partition coefficient (Wildman–Crippen LogP) is 2.24. The van der Waals surface area contributed by atoms with Crippen molar-refractivity contribution >= 4 is 39.8 Å². The topological polar surface area (TPSA) is 89.0 Å². The minimum Gasteiger partial charge on any atom is -0.490 e. The van der Waals surface area contributed by atoms with E-state index in [1.54, 1.807) is 7.05 Å². The van der Waals surface area contributed by atoms with Crippen molar-refractivity contribution < 1.29 is 17.9 Å². The van der Waals surface area contributed by atoms with E-state index in [9.17, 15) is 8.42 Å². The molecule has 0 saturated carbocycles.